The molecule has 2 heterocycles. The van der Waals surface area contributed by atoms with Crippen molar-refractivity contribution in [1.82, 2.24) is 15.2 Å². The fourth-order valence-electron chi connectivity index (χ4n) is 6.36. The molecule has 2 unspecified atom stereocenters. The topological polar surface area (TPSA) is 172 Å². The number of phenolic OH excluding ortho intramolecular Hbond substituents is 1. The van der Waals surface area contributed by atoms with Crippen molar-refractivity contribution in [3.63, 3.8) is 0 Å². The molecule has 1 aromatic heterocycles. The number of nitrogens with zero attached hydrogens (tertiary/aromatic N) is 1. The van der Waals surface area contributed by atoms with E-state index in [4.69, 9.17) is 4.74 Å². The summed E-state index contributed by atoms with van der Waals surface area (Å²) in [6.45, 7) is 1.32. The molecule has 50 heavy (non-hydrogen) atoms. The molecule has 11 nitrogen and oxygen atoms in total. The normalized spacial score (nSPS) is 14.9. The number of rotatable bonds is 11. The number of aliphatic hydroxyl groups is 2. The molecule has 1 aliphatic rings. The molecule has 256 valence electrons. The SMILES string of the molecule is COc1cc(C(=O)N2CC=C(c3cccc(C(O)(C(=O)O)c4ccccc4)c3)CC2)ccc1CNCC(O)c1ccc(O)c2[nH]c(=O)ccc12. The molecule has 0 radical (unpaired) electrons. The zero-order chi connectivity index (χ0) is 35.4. The Morgan fingerprint density at radius 2 is 1.76 bits per heavy atom. The van der Waals surface area contributed by atoms with E-state index in [1.54, 1.807) is 83.8 Å². The second-order valence-corrected chi connectivity index (χ2v) is 12.2. The van der Waals surface area contributed by atoms with Crippen LogP contribution in [-0.2, 0) is 16.9 Å². The van der Waals surface area contributed by atoms with Gasteiger partial charge in [-0.05, 0) is 59.0 Å². The van der Waals surface area contributed by atoms with Gasteiger partial charge in [-0.2, -0.15) is 0 Å². The van der Waals surface area contributed by atoms with E-state index in [-0.39, 0.29) is 40.4 Å². The van der Waals surface area contributed by atoms with Gasteiger partial charge in [0.1, 0.15) is 11.5 Å². The van der Waals surface area contributed by atoms with Crippen LogP contribution in [0.2, 0.25) is 0 Å². The van der Waals surface area contributed by atoms with Gasteiger partial charge in [-0.1, -0.05) is 66.7 Å². The van der Waals surface area contributed by atoms with E-state index in [0.717, 1.165) is 16.7 Å². The van der Waals surface area contributed by atoms with Gasteiger partial charge in [-0.25, -0.2) is 4.79 Å². The average molecular weight is 676 g/mol. The summed E-state index contributed by atoms with van der Waals surface area (Å²) in [7, 11) is 1.53. The highest BCUT2D eigenvalue weighted by molar-refractivity contribution is 5.95. The zero-order valence-electron chi connectivity index (χ0n) is 27.3. The number of ether oxygens (including phenoxy) is 1. The Bertz CT molecular complexity index is 2150. The number of aromatic hydroxyl groups is 1. The summed E-state index contributed by atoms with van der Waals surface area (Å²) >= 11 is 0. The molecule has 4 aromatic carbocycles. The number of methoxy groups -OCH3 is 1. The largest absolute Gasteiger partial charge is 0.506 e. The Hall–Kier alpha value is -5.75. The number of aliphatic carboxylic acids is 1. The van der Waals surface area contributed by atoms with E-state index in [9.17, 15) is 34.8 Å². The maximum Gasteiger partial charge on any atom is 0.345 e. The third-order valence-corrected chi connectivity index (χ3v) is 9.10. The summed E-state index contributed by atoms with van der Waals surface area (Å²) in [5.41, 5.74) is 1.73. The van der Waals surface area contributed by atoms with E-state index >= 15 is 0 Å². The highest BCUT2D eigenvalue weighted by Crippen LogP contribution is 2.34. The Kier molecular flexibility index (Phi) is 9.82. The lowest BCUT2D eigenvalue weighted by Gasteiger charge is -2.28. The lowest BCUT2D eigenvalue weighted by molar-refractivity contribution is -0.155. The number of carboxylic acid groups (broad SMARTS) is 1. The van der Waals surface area contributed by atoms with Crippen molar-refractivity contribution in [1.29, 1.82) is 0 Å². The molecule has 6 rings (SSSR count). The van der Waals surface area contributed by atoms with Crippen LogP contribution in [0.5, 0.6) is 11.5 Å². The van der Waals surface area contributed by atoms with Crippen molar-refractivity contribution in [2.75, 3.05) is 26.7 Å². The van der Waals surface area contributed by atoms with Crippen molar-refractivity contribution in [3.05, 3.63) is 147 Å². The maximum atomic E-state index is 13.5. The number of amides is 1. The summed E-state index contributed by atoms with van der Waals surface area (Å²) in [5.74, 6) is -1.10. The summed E-state index contributed by atoms with van der Waals surface area (Å²) in [4.78, 5) is 41.8. The van der Waals surface area contributed by atoms with Crippen LogP contribution in [0.1, 0.15) is 50.7 Å². The number of aliphatic hydroxyl groups excluding tert-OH is 1. The first-order chi connectivity index (χ1) is 24.1. The second kappa shape index (κ2) is 14.4. The third kappa shape index (κ3) is 6.74. The van der Waals surface area contributed by atoms with Crippen molar-refractivity contribution in [2.45, 2.75) is 24.7 Å². The van der Waals surface area contributed by atoms with Crippen molar-refractivity contribution in [2.24, 2.45) is 0 Å². The van der Waals surface area contributed by atoms with Gasteiger partial charge < -0.3 is 40.4 Å². The van der Waals surface area contributed by atoms with Gasteiger partial charge in [0.2, 0.25) is 11.2 Å². The lowest BCUT2D eigenvalue weighted by atomic mass is 9.84. The molecule has 0 saturated heterocycles. The van der Waals surface area contributed by atoms with Crippen LogP contribution in [0.3, 0.4) is 0 Å². The molecule has 0 saturated carbocycles. The maximum absolute atomic E-state index is 13.5. The number of H-pyrrole nitrogens is 1. The minimum Gasteiger partial charge on any atom is -0.506 e. The van der Waals surface area contributed by atoms with E-state index in [0.29, 0.717) is 48.3 Å². The van der Waals surface area contributed by atoms with Gasteiger partial charge in [0.25, 0.3) is 5.91 Å². The highest BCUT2D eigenvalue weighted by atomic mass is 16.5. The third-order valence-electron chi connectivity index (χ3n) is 9.10. The summed E-state index contributed by atoms with van der Waals surface area (Å²) in [6, 6.07) is 26.4. The van der Waals surface area contributed by atoms with E-state index in [2.05, 4.69) is 10.3 Å². The van der Waals surface area contributed by atoms with Gasteiger partial charge in [0.15, 0.2) is 0 Å². The Morgan fingerprint density at radius 1 is 0.980 bits per heavy atom. The number of carbonyl (C=O) groups is 2. The highest BCUT2D eigenvalue weighted by Gasteiger charge is 2.40. The van der Waals surface area contributed by atoms with E-state index < -0.39 is 17.7 Å². The summed E-state index contributed by atoms with van der Waals surface area (Å²) < 4.78 is 5.60. The van der Waals surface area contributed by atoms with Gasteiger partial charge in [0, 0.05) is 54.3 Å². The number of hydrogen-bond acceptors (Lipinski definition) is 8. The smallest absolute Gasteiger partial charge is 0.345 e. The standard InChI is InChI=1S/C39H37N3O8/c1-50-34-21-26(10-11-27(34)22-40-23-33(44)30-12-14-32(43)36-31(30)13-15-35(45)41-36)37(46)42-18-16-24(17-19-42)25-6-5-9-29(20-25)39(49,38(47)48)28-7-3-2-4-8-28/h2-16,20-21,33,40,43-44,49H,17-19,22-23H2,1H3,(H,41,45)(H,47,48). The number of phenols is 1. The lowest BCUT2D eigenvalue weighted by Crippen LogP contribution is -2.37. The molecule has 11 heteroatoms. The number of aromatic amines is 1. The first-order valence-electron chi connectivity index (χ1n) is 16.1. The van der Waals surface area contributed by atoms with E-state index in [1.165, 1.54) is 19.2 Å². The number of hydrogen-bond donors (Lipinski definition) is 6. The summed E-state index contributed by atoms with van der Waals surface area (Å²) in [5, 5.41) is 46.1. The van der Waals surface area contributed by atoms with Crippen LogP contribution >= 0.6 is 0 Å². The Balaban J connectivity index is 1.11. The van der Waals surface area contributed by atoms with Crippen molar-refractivity contribution in [3.8, 4) is 11.5 Å². The number of aromatic nitrogens is 1. The molecular weight excluding hydrogens is 638 g/mol. The van der Waals surface area contributed by atoms with Gasteiger partial charge in [-0.15, -0.1) is 0 Å². The minimum atomic E-state index is -2.21. The van der Waals surface area contributed by atoms with Crippen LogP contribution in [-0.4, -0.2) is 68.9 Å². The molecule has 1 aliphatic heterocycles. The summed E-state index contributed by atoms with van der Waals surface area (Å²) in [6.07, 6.45) is 1.56. The van der Waals surface area contributed by atoms with Gasteiger partial charge in [-0.3, -0.25) is 9.59 Å². The molecule has 0 bridgehead atoms. The molecule has 0 aliphatic carbocycles. The number of pyridine rings is 1. The number of nitrogens with one attached hydrogen (secondary N) is 2. The fourth-order valence-corrected chi connectivity index (χ4v) is 6.36. The second-order valence-electron chi connectivity index (χ2n) is 12.2. The molecule has 1 amide bonds. The van der Waals surface area contributed by atoms with Crippen LogP contribution < -0.4 is 15.6 Å². The molecule has 0 spiro atoms. The van der Waals surface area contributed by atoms with Crippen molar-refractivity contribution < 1.29 is 34.8 Å². The predicted octanol–water partition coefficient (Wildman–Crippen LogP) is 4.32. The number of fused-ring (bicyclic) bond motifs is 1. The van der Waals surface area contributed by atoms with Crippen LogP contribution in [0, 0.1) is 0 Å². The molecule has 5 aromatic rings. The number of carboxylic acids is 1. The molecular formula is C39H37N3O8. The zero-order valence-corrected chi connectivity index (χ0v) is 27.3. The quantitative estimate of drug-likeness (QED) is 0.119. The first-order valence-corrected chi connectivity index (χ1v) is 16.1. The van der Waals surface area contributed by atoms with Gasteiger partial charge in [0.05, 0.1) is 18.7 Å². The molecule has 2 atom stereocenters. The van der Waals surface area contributed by atoms with Gasteiger partial charge >= 0.3 is 5.97 Å². The first kappa shape index (κ1) is 34.1. The molecule has 0 fully saturated rings. The average Bonchev–Trinajstić information content (AvgIpc) is 3.15. The monoisotopic (exact) mass is 675 g/mol. The number of benzene rings is 4. The van der Waals surface area contributed by atoms with Crippen LogP contribution in [0.15, 0.2) is 108 Å². The fraction of sp³-hybridized carbons (Fsp3) is 0.205. The van der Waals surface area contributed by atoms with Crippen LogP contribution in [0.25, 0.3) is 16.5 Å². The Morgan fingerprint density at radius 3 is 2.48 bits per heavy atom. The minimum absolute atomic E-state index is 0.0810. The van der Waals surface area contributed by atoms with Crippen molar-refractivity contribution >= 4 is 28.4 Å². The van der Waals surface area contributed by atoms with Crippen LogP contribution in [0.4, 0.5) is 0 Å². The number of carbonyl (C=O) groups excluding carboxylic acids is 1. The Labute approximate surface area is 287 Å². The predicted molar refractivity (Wildman–Crippen MR) is 188 cm³/mol. The molecule has 6 N–H and O–H groups in total. The van der Waals surface area contributed by atoms with E-state index in [1.807, 2.05) is 12.1 Å².